The molecule has 5 nitrogen and oxygen atoms in total. The summed E-state index contributed by atoms with van der Waals surface area (Å²) >= 11 is 0. The van der Waals surface area contributed by atoms with E-state index in [2.05, 4.69) is 168 Å². The molecule has 256 valence electrons. The molecule has 0 aliphatic rings. The summed E-state index contributed by atoms with van der Waals surface area (Å²) in [6, 6.07) is 65.5. The number of nitro groups is 1. The standard InChI is InChI=1S/C46H33N3O2P.BrH/c50-49(51)35-29-27-33(28-30-35)32-48-45-43-26-13-11-24-41(43)40-23-10-12-25-42(40)44(45)47-46(48)34-15-14-22-39(31-34)52(36-16-4-1-5-17-36,37-18-6-2-7-19-37)38-20-8-3-9-21-38;/h1-31H,32H2;1H/q+1;/p-1. The number of benzene rings is 8. The zero-order chi connectivity index (χ0) is 35.1. The molecule has 7 heteroatoms. The maximum atomic E-state index is 11.5. The maximum Gasteiger partial charge on any atom is 0.269 e. The molecule has 53 heavy (non-hydrogen) atoms. The summed E-state index contributed by atoms with van der Waals surface area (Å²) in [7, 11) is -2.36. The third-order valence-corrected chi connectivity index (χ3v) is 14.3. The third kappa shape index (κ3) is 5.81. The van der Waals surface area contributed by atoms with Gasteiger partial charge < -0.3 is 21.5 Å². The van der Waals surface area contributed by atoms with E-state index >= 15 is 0 Å². The van der Waals surface area contributed by atoms with Crippen molar-refractivity contribution in [2.45, 2.75) is 6.54 Å². The van der Waals surface area contributed by atoms with E-state index in [0.717, 1.165) is 49.5 Å². The highest BCUT2D eigenvalue weighted by molar-refractivity contribution is 8.01. The number of hydrogen-bond donors (Lipinski definition) is 0. The van der Waals surface area contributed by atoms with Gasteiger partial charge in [0.15, 0.2) is 0 Å². The van der Waals surface area contributed by atoms with E-state index in [0.29, 0.717) is 6.54 Å². The lowest BCUT2D eigenvalue weighted by Crippen LogP contribution is -3.00. The maximum absolute atomic E-state index is 11.5. The van der Waals surface area contributed by atoms with E-state index in [1.54, 1.807) is 12.1 Å². The molecule has 1 heterocycles. The first-order valence-electron chi connectivity index (χ1n) is 17.3. The number of aromatic nitrogens is 2. The molecule has 0 radical (unpaired) electrons. The SMILES string of the molecule is O=[N+]([O-])c1ccc(Cn2c(-c3cccc([P+](c4ccccc4)(c4ccccc4)c4ccccc4)c3)nc3c4ccccc4c4ccccc4c32)cc1.[Br-]. The van der Waals surface area contributed by atoms with Crippen LogP contribution in [0.3, 0.4) is 0 Å². The quantitative estimate of drug-likeness (QED) is 0.0759. The van der Waals surface area contributed by atoms with Gasteiger partial charge in [0.2, 0.25) is 0 Å². The van der Waals surface area contributed by atoms with Gasteiger partial charge in [-0.25, -0.2) is 4.98 Å². The Kier molecular flexibility index (Phi) is 9.17. The molecule has 0 unspecified atom stereocenters. The number of halogens is 1. The largest absolute Gasteiger partial charge is 1.00 e. The Morgan fingerprint density at radius 3 is 1.55 bits per heavy atom. The van der Waals surface area contributed by atoms with Crippen molar-refractivity contribution in [1.82, 2.24) is 9.55 Å². The normalized spacial score (nSPS) is 11.5. The lowest BCUT2D eigenvalue weighted by Gasteiger charge is -2.28. The van der Waals surface area contributed by atoms with Crippen LogP contribution in [0.25, 0.3) is 44.0 Å². The Morgan fingerprint density at radius 2 is 1.00 bits per heavy atom. The molecule has 0 aliphatic carbocycles. The van der Waals surface area contributed by atoms with Crippen LogP contribution in [0.5, 0.6) is 0 Å². The van der Waals surface area contributed by atoms with Crippen LogP contribution < -0.4 is 38.2 Å². The molecule has 0 saturated carbocycles. The number of nitro benzene ring substituents is 1. The van der Waals surface area contributed by atoms with Crippen LogP contribution >= 0.6 is 7.26 Å². The first kappa shape index (κ1) is 34.2. The first-order chi connectivity index (χ1) is 25.6. The van der Waals surface area contributed by atoms with E-state index in [9.17, 15) is 10.1 Å². The fraction of sp³-hybridized carbons (Fsp3) is 0.0217. The minimum Gasteiger partial charge on any atom is -1.00 e. The van der Waals surface area contributed by atoms with Crippen molar-refractivity contribution in [1.29, 1.82) is 0 Å². The molecular weight excluding hydrogens is 737 g/mol. The van der Waals surface area contributed by atoms with E-state index in [-0.39, 0.29) is 27.6 Å². The van der Waals surface area contributed by atoms with Gasteiger partial charge in [-0.05, 0) is 64.9 Å². The third-order valence-electron chi connectivity index (χ3n) is 10.0. The van der Waals surface area contributed by atoms with Gasteiger partial charge in [-0.2, -0.15) is 0 Å². The predicted octanol–water partition coefficient (Wildman–Crippen LogP) is 6.59. The van der Waals surface area contributed by atoms with Crippen LogP contribution in [0, 0.1) is 10.1 Å². The summed E-state index contributed by atoms with van der Waals surface area (Å²) < 4.78 is 2.30. The minimum absolute atomic E-state index is 0. The zero-order valence-electron chi connectivity index (χ0n) is 28.6. The molecule has 0 spiro atoms. The molecule has 0 bridgehead atoms. The Labute approximate surface area is 318 Å². The predicted molar refractivity (Wildman–Crippen MR) is 217 cm³/mol. The monoisotopic (exact) mass is 769 g/mol. The number of non-ortho nitro benzene ring substituents is 1. The lowest BCUT2D eigenvalue weighted by atomic mass is 10.00. The van der Waals surface area contributed by atoms with Gasteiger partial charge in [-0.3, -0.25) is 10.1 Å². The van der Waals surface area contributed by atoms with Crippen LogP contribution in [-0.4, -0.2) is 14.5 Å². The Morgan fingerprint density at radius 1 is 0.528 bits per heavy atom. The average molecular weight is 771 g/mol. The second-order valence-electron chi connectivity index (χ2n) is 13.0. The molecule has 0 atom stereocenters. The molecular formula is C46H33BrN3O2P. The van der Waals surface area contributed by atoms with Crippen molar-refractivity contribution in [2.75, 3.05) is 0 Å². The highest BCUT2D eigenvalue weighted by Crippen LogP contribution is 2.54. The van der Waals surface area contributed by atoms with Crippen molar-refractivity contribution in [3.63, 3.8) is 0 Å². The van der Waals surface area contributed by atoms with Crippen LogP contribution in [0.2, 0.25) is 0 Å². The van der Waals surface area contributed by atoms with Gasteiger partial charge in [0.25, 0.3) is 5.69 Å². The van der Waals surface area contributed by atoms with Gasteiger partial charge in [0, 0.05) is 35.0 Å². The minimum atomic E-state index is -2.36. The van der Waals surface area contributed by atoms with Crippen molar-refractivity contribution in [3.8, 4) is 11.4 Å². The number of fused-ring (bicyclic) bond motifs is 6. The first-order valence-corrected chi connectivity index (χ1v) is 19.1. The fourth-order valence-corrected chi connectivity index (χ4v) is 12.0. The summed E-state index contributed by atoms with van der Waals surface area (Å²) in [6.45, 7) is 0.493. The van der Waals surface area contributed by atoms with E-state index < -0.39 is 7.26 Å². The van der Waals surface area contributed by atoms with Gasteiger partial charge in [-0.15, -0.1) is 0 Å². The molecule has 0 N–H and O–H groups in total. The summed E-state index contributed by atoms with van der Waals surface area (Å²) in [5.41, 5.74) is 4.02. The molecule has 0 aliphatic heterocycles. The lowest BCUT2D eigenvalue weighted by molar-refractivity contribution is -0.384. The van der Waals surface area contributed by atoms with Gasteiger partial charge in [-0.1, -0.05) is 127 Å². The van der Waals surface area contributed by atoms with Crippen LogP contribution in [0.4, 0.5) is 5.69 Å². The summed E-state index contributed by atoms with van der Waals surface area (Å²) in [5.74, 6) is 0.851. The molecule has 0 saturated heterocycles. The van der Waals surface area contributed by atoms with Crippen LogP contribution in [0.15, 0.2) is 188 Å². The number of rotatable bonds is 8. The average Bonchev–Trinajstić information content (AvgIpc) is 3.59. The van der Waals surface area contributed by atoms with Crippen molar-refractivity contribution < 1.29 is 21.9 Å². The van der Waals surface area contributed by atoms with E-state index in [4.69, 9.17) is 4.98 Å². The van der Waals surface area contributed by atoms with Crippen molar-refractivity contribution in [3.05, 3.63) is 204 Å². The Hall–Kier alpha value is -5.94. The van der Waals surface area contributed by atoms with Crippen LogP contribution in [-0.2, 0) is 6.54 Å². The Balaban J connectivity index is 0.00000400. The fourth-order valence-electron chi connectivity index (χ4n) is 7.75. The van der Waals surface area contributed by atoms with Crippen LogP contribution in [0.1, 0.15) is 5.56 Å². The molecule has 0 amide bonds. The highest BCUT2D eigenvalue weighted by Gasteiger charge is 2.48. The summed E-state index contributed by atoms with van der Waals surface area (Å²) in [4.78, 5) is 16.7. The van der Waals surface area contributed by atoms with Gasteiger partial charge >= 0.3 is 0 Å². The molecule has 9 aromatic rings. The highest BCUT2D eigenvalue weighted by atomic mass is 79.9. The van der Waals surface area contributed by atoms with Gasteiger partial charge in [0.05, 0.1) is 16.0 Å². The number of imidazole rings is 1. The smallest absolute Gasteiger partial charge is 0.269 e. The van der Waals surface area contributed by atoms with E-state index in [1.807, 2.05) is 12.1 Å². The molecule has 9 rings (SSSR count). The number of nitrogens with zero attached hydrogens (tertiary/aromatic N) is 3. The molecule has 0 fully saturated rings. The summed E-state index contributed by atoms with van der Waals surface area (Å²) in [5, 5.41) is 21.1. The Bertz CT molecular complexity index is 2640. The van der Waals surface area contributed by atoms with Crippen molar-refractivity contribution >= 4 is 66.7 Å². The molecule has 1 aromatic heterocycles. The summed E-state index contributed by atoms with van der Waals surface area (Å²) in [6.07, 6.45) is 0. The van der Waals surface area contributed by atoms with E-state index in [1.165, 1.54) is 21.2 Å². The second-order valence-corrected chi connectivity index (χ2v) is 16.4. The number of hydrogen-bond acceptors (Lipinski definition) is 3. The van der Waals surface area contributed by atoms with Crippen molar-refractivity contribution in [2.24, 2.45) is 0 Å². The van der Waals surface area contributed by atoms with Gasteiger partial charge in [0.1, 0.15) is 34.3 Å². The second kappa shape index (κ2) is 14.2. The topological polar surface area (TPSA) is 61.0 Å². The zero-order valence-corrected chi connectivity index (χ0v) is 31.1. The molecule has 8 aromatic carbocycles.